The predicted octanol–water partition coefficient (Wildman–Crippen LogP) is 3.88. The molecule has 0 heterocycles. The lowest BCUT2D eigenvalue weighted by Gasteiger charge is -2.01. The molecule has 0 bridgehead atoms. The quantitative estimate of drug-likeness (QED) is 0.365. The highest BCUT2D eigenvalue weighted by Gasteiger charge is 2.10. The smallest absolute Gasteiger partial charge is 0.269 e. The van der Waals surface area contributed by atoms with Crippen LogP contribution in [0.2, 0.25) is 0 Å². The molecule has 0 aliphatic rings. The van der Waals surface area contributed by atoms with Crippen molar-refractivity contribution >= 4 is 17.5 Å². The Labute approximate surface area is 116 Å². The van der Waals surface area contributed by atoms with Crippen LogP contribution in [-0.4, -0.2) is 10.7 Å². The molecule has 0 saturated heterocycles. The highest BCUT2D eigenvalue weighted by molar-refractivity contribution is 6.10. The first-order valence-corrected chi connectivity index (χ1v) is 6.10. The molecule has 0 radical (unpaired) electrons. The highest BCUT2D eigenvalue weighted by Crippen LogP contribution is 2.16. The Hall–Kier alpha value is -2.75. The standard InChI is InChI=1S/C16H13NO3/c1-12(11-13-5-3-2-4-6-13)16(18)14-7-9-15(10-8-14)17(19)20/h2-11H,1H3. The SMILES string of the molecule is CC(=Cc1ccccc1)C(=O)c1ccc([N+](=O)[O-])cc1. The maximum Gasteiger partial charge on any atom is 0.269 e. The molecule has 100 valence electrons. The average Bonchev–Trinajstić information content (AvgIpc) is 2.47. The van der Waals surface area contributed by atoms with Crippen LogP contribution in [-0.2, 0) is 0 Å². The van der Waals surface area contributed by atoms with Gasteiger partial charge >= 0.3 is 0 Å². The number of nitro benzene ring substituents is 1. The first-order valence-electron chi connectivity index (χ1n) is 6.10. The van der Waals surface area contributed by atoms with Crippen LogP contribution < -0.4 is 0 Å². The van der Waals surface area contributed by atoms with E-state index in [4.69, 9.17) is 0 Å². The Bertz CT molecular complexity index is 658. The molecule has 0 unspecified atom stereocenters. The van der Waals surface area contributed by atoms with Gasteiger partial charge in [-0.1, -0.05) is 30.3 Å². The lowest BCUT2D eigenvalue weighted by molar-refractivity contribution is -0.384. The van der Waals surface area contributed by atoms with Crippen molar-refractivity contribution in [3.05, 3.63) is 81.4 Å². The van der Waals surface area contributed by atoms with E-state index in [1.54, 1.807) is 13.0 Å². The summed E-state index contributed by atoms with van der Waals surface area (Å²) in [5.74, 6) is -0.135. The summed E-state index contributed by atoms with van der Waals surface area (Å²) in [7, 11) is 0. The number of benzene rings is 2. The highest BCUT2D eigenvalue weighted by atomic mass is 16.6. The number of nitrogens with zero attached hydrogens (tertiary/aromatic N) is 1. The minimum Gasteiger partial charge on any atom is -0.289 e. The molecule has 2 aromatic carbocycles. The lowest BCUT2D eigenvalue weighted by atomic mass is 10.0. The fraction of sp³-hybridized carbons (Fsp3) is 0.0625. The third kappa shape index (κ3) is 3.17. The number of hydrogen-bond donors (Lipinski definition) is 0. The Kier molecular flexibility index (Phi) is 4.05. The maximum atomic E-state index is 12.2. The van der Waals surface area contributed by atoms with E-state index < -0.39 is 4.92 Å². The van der Waals surface area contributed by atoms with E-state index in [1.807, 2.05) is 30.3 Å². The minimum atomic E-state index is -0.485. The zero-order valence-corrected chi connectivity index (χ0v) is 10.9. The number of hydrogen-bond acceptors (Lipinski definition) is 3. The van der Waals surface area contributed by atoms with Gasteiger partial charge in [-0.15, -0.1) is 0 Å². The summed E-state index contributed by atoms with van der Waals surface area (Å²) in [6, 6.07) is 15.1. The first kappa shape index (κ1) is 13.7. The Balaban J connectivity index is 2.22. The van der Waals surface area contributed by atoms with Crippen LogP contribution in [0.5, 0.6) is 0 Å². The second-order valence-electron chi connectivity index (χ2n) is 4.37. The van der Waals surface area contributed by atoms with Crippen molar-refractivity contribution in [1.82, 2.24) is 0 Å². The fourth-order valence-corrected chi connectivity index (χ4v) is 1.83. The normalized spacial score (nSPS) is 11.2. The van der Waals surface area contributed by atoms with Crippen LogP contribution in [0.3, 0.4) is 0 Å². The van der Waals surface area contributed by atoms with Crippen molar-refractivity contribution < 1.29 is 9.72 Å². The molecule has 0 aliphatic heterocycles. The Morgan fingerprint density at radius 3 is 2.20 bits per heavy atom. The van der Waals surface area contributed by atoms with Crippen LogP contribution in [0.25, 0.3) is 6.08 Å². The van der Waals surface area contributed by atoms with Crippen LogP contribution in [0.1, 0.15) is 22.8 Å². The van der Waals surface area contributed by atoms with Gasteiger partial charge in [-0.3, -0.25) is 14.9 Å². The molecule has 4 heteroatoms. The maximum absolute atomic E-state index is 12.2. The third-order valence-corrected chi connectivity index (χ3v) is 2.88. The summed E-state index contributed by atoms with van der Waals surface area (Å²) in [6.45, 7) is 1.73. The average molecular weight is 267 g/mol. The van der Waals surface area contributed by atoms with Crippen molar-refractivity contribution in [3.63, 3.8) is 0 Å². The van der Waals surface area contributed by atoms with Gasteiger partial charge in [0.05, 0.1) is 4.92 Å². The van der Waals surface area contributed by atoms with Gasteiger partial charge in [-0.25, -0.2) is 0 Å². The van der Waals surface area contributed by atoms with Crippen molar-refractivity contribution in [3.8, 4) is 0 Å². The van der Waals surface area contributed by atoms with Gasteiger partial charge in [-0.2, -0.15) is 0 Å². The topological polar surface area (TPSA) is 60.2 Å². The second kappa shape index (κ2) is 5.93. The van der Waals surface area contributed by atoms with E-state index in [1.165, 1.54) is 24.3 Å². The van der Waals surface area contributed by atoms with Crippen LogP contribution >= 0.6 is 0 Å². The molecule has 0 saturated carbocycles. The molecule has 0 aromatic heterocycles. The van der Waals surface area contributed by atoms with Gasteiger partial charge in [0.2, 0.25) is 0 Å². The van der Waals surface area contributed by atoms with E-state index in [2.05, 4.69) is 0 Å². The first-order chi connectivity index (χ1) is 9.58. The number of Topliss-reactive ketones (excluding diaryl/α,β-unsaturated/α-hetero) is 1. The van der Waals surface area contributed by atoms with E-state index in [-0.39, 0.29) is 11.5 Å². The molecule has 0 atom stereocenters. The molecule has 2 aromatic rings. The van der Waals surface area contributed by atoms with Crippen molar-refractivity contribution in [2.75, 3.05) is 0 Å². The van der Waals surface area contributed by atoms with Crippen molar-refractivity contribution in [2.45, 2.75) is 6.92 Å². The van der Waals surface area contributed by atoms with Crippen LogP contribution in [0.15, 0.2) is 60.2 Å². The number of allylic oxidation sites excluding steroid dienone is 1. The zero-order chi connectivity index (χ0) is 14.5. The van der Waals surface area contributed by atoms with Gasteiger partial charge < -0.3 is 0 Å². The van der Waals surface area contributed by atoms with E-state index >= 15 is 0 Å². The zero-order valence-electron chi connectivity index (χ0n) is 10.9. The molecule has 2 rings (SSSR count). The van der Waals surface area contributed by atoms with Gasteiger partial charge in [0.25, 0.3) is 5.69 Å². The lowest BCUT2D eigenvalue weighted by Crippen LogP contribution is -2.00. The van der Waals surface area contributed by atoms with E-state index in [9.17, 15) is 14.9 Å². The van der Waals surface area contributed by atoms with Gasteiger partial charge in [0.15, 0.2) is 5.78 Å². The number of carbonyl (C=O) groups is 1. The molecule has 0 spiro atoms. The number of carbonyl (C=O) groups excluding carboxylic acids is 1. The molecule has 0 fully saturated rings. The molecule has 0 N–H and O–H groups in total. The minimum absolute atomic E-state index is 0.0220. The van der Waals surface area contributed by atoms with Gasteiger partial charge in [-0.05, 0) is 36.3 Å². The van der Waals surface area contributed by atoms with Gasteiger partial charge in [0.1, 0.15) is 0 Å². The molecule has 0 aliphatic carbocycles. The summed E-state index contributed by atoms with van der Waals surface area (Å²) >= 11 is 0. The fourth-order valence-electron chi connectivity index (χ4n) is 1.83. The summed E-state index contributed by atoms with van der Waals surface area (Å²) < 4.78 is 0. The Morgan fingerprint density at radius 1 is 1.05 bits per heavy atom. The number of nitro groups is 1. The Morgan fingerprint density at radius 2 is 1.65 bits per heavy atom. The predicted molar refractivity (Wildman–Crippen MR) is 77.5 cm³/mol. The van der Waals surface area contributed by atoms with Crippen molar-refractivity contribution in [1.29, 1.82) is 0 Å². The molecular formula is C16H13NO3. The molecule has 4 nitrogen and oxygen atoms in total. The largest absolute Gasteiger partial charge is 0.289 e. The van der Waals surface area contributed by atoms with Crippen LogP contribution in [0.4, 0.5) is 5.69 Å². The second-order valence-corrected chi connectivity index (χ2v) is 4.37. The molecule has 20 heavy (non-hydrogen) atoms. The van der Waals surface area contributed by atoms with Crippen molar-refractivity contribution in [2.24, 2.45) is 0 Å². The summed E-state index contributed by atoms with van der Waals surface area (Å²) in [5, 5.41) is 10.6. The number of non-ortho nitro benzene ring substituents is 1. The van der Waals surface area contributed by atoms with E-state index in [0.29, 0.717) is 11.1 Å². The molecule has 0 amide bonds. The summed E-state index contributed by atoms with van der Waals surface area (Å²) in [5.41, 5.74) is 1.96. The summed E-state index contributed by atoms with van der Waals surface area (Å²) in [4.78, 5) is 22.3. The molecular weight excluding hydrogens is 254 g/mol. The van der Waals surface area contributed by atoms with Crippen LogP contribution in [0, 0.1) is 10.1 Å². The van der Waals surface area contributed by atoms with Gasteiger partial charge in [0, 0.05) is 17.7 Å². The summed E-state index contributed by atoms with van der Waals surface area (Å²) in [6.07, 6.45) is 1.80. The number of rotatable bonds is 4. The monoisotopic (exact) mass is 267 g/mol. The van der Waals surface area contributed by atoms with E-state index in [0.717, 1.165) is 5.56 Å². The third-order valence-electron chi connectivity index (χ3n) is 2.88. The number of ketones is 1.